The molecule has 3 fully saturated rings. The molecule has 2 bridgehead atoms. The van der Waals surface area contributed by atoms with E-state index in [1.807, 2.05) is 58.1 Å². The zero-order chi connectivity index (χ0) is 50.3. The van der Waals surface area contributed by atoms with Crippen LogP contribution < -0.4 is 0 Å². The Balaban J connectivity index is 1.70. The van der Waals surface area contributed by atoms with Crippen LogP contribution in [0.5, 0.6) is 0 Å². The zero-order valence-corrected chi connectivity index (χ0v) is 42.4. The maximum atomic E-state index is 14.5. The number of ketones is 3. The summed E-state index contributed by atoms with van der Waals surface area (Å²) < 4.78 is 35.6. The molecule has 3 N–H and O–H groups in total. The van der Waals surface area contributed by atoms with Gasteiger partial charge in [0, 0.05) is 58.5 Å². The van der Waals surface area contributed by atoms with Crippen LogP contribution in [0.15, 0.2) is 47.6 Å². The largest absolute Gasteiger partial charge is 0.460 e. The Kier molecular flexibility index (Phi) is 22.9. The minimum Gasteiger partial charge on any atom is -0.460 e. The number of fused-ring (bicyclic) bond motifs is 3. The molecule has 1 amide bonds. The predicted molar refractivity (Wildman–Crippen MR) is 256 cm³/mol. The van der Waals surface area contributed by atoms with Gasteiger partial charge in [0.05, 0.1) is 37.6 Å². The molecule has 2 saturated heterocycles. The Morgan fingerprint density at radius 1 is 0.853 bits per heavy atom. The van der Waals surface area contributed by atoms with Crippen LogP contribution in [0.2, 0.25) is 0 Å². The molecule has 384 valence electrons. The average molecular weight is 958 g/mol. The van der Waals surface area contributed by atoms with Crippen LogP contribution in [-0.2, 0) is 52.4 Å². The summed E-state index contributed by atoms with van der Waals surface area (Å²) in [5.41, 5.74) is 1.26. The first-order chi connectivity index (χ1) is 32.3. The zero-order valence-electron chi connectivity index (χ0n) is 42.4. The highest BCUT2D eigenvalue weighted by Gasteiger charge is 2.53. The van der Waals surface area contributed by atoms with Crippen molar-refractivity contribution in [2.45, 2.75) is 180 Å². The van der Waals surface area contributed by atoms with E-state index in [0.717, 1.165) is 12.0 Å². The molecule has 0 aromatic carbocycles. The number of aliphatic hydroxyl groups is 3. The first-order valence-corrected chi connectivity index (χ1v) is 25.0. The predicted octanol–water partition coefficient (Wildman–Crippen LogP) is 6.20. The van der Waals surface area contributed by atoms with Crippen molar-refractivity contribution in [3.63, 3.8) is 0 Å². The van der Waals surface area contributed by atoms with E-state index >= 15 is 0 Å². The van der Waals surface area contributed by atoms with Crippen molar-refractivity contribution in [1.29, 1.82) is 0 Å². The molecule has 15 nitrogen and oxygen atoms in total. The number of esters is 1. The molecular formula is C53H83NO14. The second-order valence-electron chi connectivity index (χ2n) is 20.2. The number of piperidine rings is 1. The van der Waals surface area contributed by atoms with Gasteiger partial charge in [-0.3, -0.25) is 19.2 Å². The van der Waals surface area contributed by atoms with E-state index in [-0.39, 0.29) is 74.1 Å². The summed E-state index contributed by atoms with van der Waals surface area (Å²) in [6.45, 7) is 12.9. The van der Waals surface area contributed by atoms with Crippen molar-refractivity contribution in [2.75, 3.05) is 41.1 Å². The highest BCUT2D eigenvalue weighted by atomic mass is 16.6. The van der Waals surface area contributed by atoms with Gasteiger partial charge in [-0.15, -0.1) is 0 Å². The summed E-state index contributed by atoms with van der Waals surface area (Å²) in [5.74, 6) is -7.96. The highest BCUT2D eigenvalue weighted by Crippen LogP contribution is 2.38. The Labute approximate surface area is 405 Å². The van der Waals surface area contributed by atoms with Gasteiger partial charge in [0.1, 0.15) is 30.1 Å². The fourth-order valence-electron chi connectivity index (χ4n) is 10.5. The van der Waals surface area contributed by atoms with Crippen molar-refractivity contribution in [1.82, 2.24) is 4.90 Å². The van der Waals surface area contributed by atoms with Crippen molar-refractivity contribution in [3.8, 4) is 0 Å². The van der Waals surface area contributed by atoms with Crippen LogP contribution in [0, 0.1) is 35.5 Å². The van der Waals surface area contributed by atoms with E-state index in [9.17, 15) is 39.3 Å². The number of cyclic esters (lactones) is 1. The molecular weight excluding hydrogens is 875 g/mol. The van der Waals surface area contributed by atoms with Gasteiger partial charge in [-0.2, -0.15) is 0 Å². The third-order valence-corrected chi connectivity index (χ3v) is 14.9. The summed E-state index contributed by atoms with van der Waals surface area (Å²) in [4.78, 5) is 72.1. The Morgan fingerprint density at radius 2 is 1.59 bits per heavy atom. The molecule has 4 aliphatic rings. The van der Waals surface area contributed by atoms with Crippen LogP contribution in [-0.4, -0.2) is 145 Å². The number of Topliss-reactive ketones (excluding diaryl/α,β-unsaturated/α-hetero) is 3. The number of ether oxygens (including phenoxy) is 6. The van der Waals surface area contributed by atoms with Crippen LogP contribution >= 0.6 is 0 Å². The van der Waals surface area contributed by atoms with Gasteiger partial charge < -0.3 is 48.6 Å². The third kappa shape index (κ3) is 15.3. The number of hydrogen-bond donors (Lipinski definition) is 3. The molecule has 15 heteroatoms. The molecule has 0 aromatic rings. The summed E-state index contributed by atoms with van der Waals surface area (Å²) in [5, 5.41) is 32.8. The fraction of sp³-hybridized carbons (Fsp3) is 0.755. The van der Waals surface area contributed by atoms with Crippen molar-refractivity contribution >= 4 is 29.2 Å². The SMILES string of the molecule is COC1CC2CC[C@@H](C)[C@@](O)(O2)C(=O)C(=O)N2CCCC[C@H]2C(=O)OC([C@@H](C)C[C@@H]2CCC(OCCO)[C@H](OC)C2)CC(=O)[C@H](C)/C=C(\C)[C@@H](O)C(OC)C(=O)[C@H](C)CC(C)/C=C/C=C/C=C/1C. The molecule has 4 rings (SSSR count). The number of hydrogen-bond acceptors (Lipinski definition) is 14. The minimum absolute atomic E-state index is 0.0158. The van der Waals surface area contributed by atoms with Crippen molar-refractivity contribution in [3.05, 3.63) is 47.6 Å². The Hall–Kier alpha value is -3.41. The quantitative estimate of drug-likeness (QED) is 0.134. The molecule has 68 heavy (non-hydrogen) atoms. The molecule has 0 radical (unpaired) electrons. The maximum Gasteiger partial charge on any atom is 0.329 e. The number of rotatable bonds is 9. The number of methoxy groups -OCH3 is 3. The normalized spacial score (nSPS) is 39.2. The van der Waals surface area contributed by atoms with Gasteiger partial charge >= 0.3 is 5.97 Å². The number of carbonyl (C=O) groups is 5. The molecule has 0 aromatic heterocycles. The molecule has 6 unspecified atom stereocenters. The van der Waals surface area contributed by atoms with E-state index in [2.05, 4.69) is 0 Å². The number of carbonyl (C=O) groups excluding carboxylic acids is 5. The topological polar surface area (TPSA) is 205 Å². The first-order valence-electron chi connectivity index (χ1n) is 25.0. The van der Waals surface area contributed by atoms with Gasteiger partial charge in [0.15, 0.2) is 5.78 Å². The van der Waals surface area contributed by atoms with Gasteiger partial charge in [0.2, 0.25) is 5.79 Å². The summed E-state index contributed by atoms with van der Waals surface area (Å²) in [7, 11) is 4.58. The van der Waals surface area contributed by atoms with Gasteiger partial charge in [-0.05, 0) is 107 Å². The summed E-state index contributed by atoms with van der Waals surface area (Å²) in [6.07, 6.45) is 12.0. The number of aliphatic hydroxyl groups excluding tert-OH is 2. The number of amides is 1. The molecule has 15 atom stereocenters. The van der Waals surface area contributed by atoms with Crippen LogP contribution in [0.4, 0.5) is 0 Å². The lowest BCUT2D eigenvalue weighted by atomic mass is 9.78. The number of allylic oxidation sites excluding steroid dienone is 6. The molecule has 3 heterocycles. The first kappa shape index (κ1) is 57.2. The van der Waals surface area contributed by atoms with Crippen molar-refractivity contribution in [2.24, 2.45) is 35.5 Å². The minimum atomic E-state index is -2.43. The second kappa shape index (κ2) is 27.3. The monoisotopic (exact) mass is 958 g/mol. The fourth-order valence-corrected chi connectivity index (χ4v) is 10.5. The lowest BCUT2D eigenvalue weighted by Gasteiger charge is -2.42. The highest BCUT2D eigenvalue weighted by molar-refractivity contribution is 6.39. The van der Waals surface area contributed by atoms with Crippen LogP contribution in [0.1, 0.15) is 126 Å². The Bertz CT molecular complexity index is 1810. The number of nitrogens with zero attached hydrogens (tertiary/aromatic N) is 1. The van der Waals surface area contributed by atoms with Gasteiger partial charge in [-0.1, -0.05) is 71.1 Å². The van der Waals surface area contributed by atoms with E-state index in [1.165, 1.54) is 12.0 Å². The summed E-state index contributed by atoms with van der Waals surface area (Å²) in [6, 6.07) is -1.14. The van der Waals surface area contributed by atoms with Gasteiger partial charge in [-0.25, -0.2) is 4.79 Å². The molecule has 1 aliphatic carbocycles. The summed E-state index contributed by atoms with van der Waals surface area (Å²) >= 11 is 0. The van der Waals surface area contributed by atoms with Crippen LogP contribution in [0.3, 0.4) is 0 Å². The second-order valence-corrected chi connectivity index (χ2v) is 20.2. The van der Waals surface area contributed by atoms with Gasteiger partial charge in [0.25, 0.3) is 11.7 Å². The Morgan fingerprint density at radius 3 is 2.26 bits per heavy atom. The lowest BCUT2D eigenvalue weighted by Crippen LogP contribution is -2.61. The molecule has 1 saturated carbocycles. The van der Waals surface area contributed by atoms with E-state index in [4.69, 9.17) is 28.4 Å². The smallest absolute Gasteiger partial charge is 0.329 e. The van der Waals surface area contributed by atoms with Crippen LogP contribution in [0.25, 0.3) is 0 Å². The maximum absolute atomic E-state index is 14.5. The molecule has 3 aliphatic heterocycles. The standard InChI is InChI=1S/C53H83NO14/c1-32-16-12-11-13-17-33(2)44(63-8)30-40-21-19-38(7)53(62,68-40)50(59)51(60)54-23-15-14-18-41(54)52(61)67-45(35(4)28-39-20-22-43(66-25-24-55)46(29-39)64-9)31-42(56)34(3)27-37(6)48(58)49(65-10)47(57)36(5)26-32/h11-13,16-17,27,32,34-36,38-41,43-46,48-49,55,58,62H,14-15,18-26,28-31H2,1-10H3/b13-11+,16-12+,33-17+,37-27+/t32?,34-,35+,36-,38-,39+,40?,41+,43?,44?,45?,46-,48-,49?,53-/m1/s1. The van der Waals surface area contributed by atoms with E-state index in [0.29, 0.717) is 63.4 Å². The third-order valence-electron chi connectivity index (χ3n) is 14.9. The average Bonchev–Trinajstić information content (AvgIpc) is 3.32. The van der Waals surface area contributed by atoms with Crippen molar-refractivity contribution < 1.29 is 67.7 Å². The lowest BCUT2D eigenvalue weighted by molar-refractivity contribution is -0.265. The molecule has 0 spiro atoms. The van der Waals surface area contributed by atoms with E-state index < -0.39 is 77.8 Å². The van der Waals surface area contributed by atoms with E-state index in [1.54, 1.807) is 41.1 Å².